The first-order chi connectivity index (χ1) is 20.1. The van der Waals surface area contributed by atoms with Crippen molar-refractivity contribution in [3.8, 4) is 0 Å². The van der Waals surface area contributed by atoms with Gasteiger partial charge in [0, 0.05) is 34.4 Å². The van der Waals surface area contributed by atoms with Crippen molar-refractivity contribution in [3.63, 3.8) is 0 Å². The second kappa shape index (κ2) is 9.63. The van der Waals surface area contributed by atoms with Crippen LogP contribution in [0.25, 0.3) is 0 Å². The van der Waals surface area contributed by atoms with Gasteiger partial charge < -0.3 is 15.7 Å². The Balaban J connectivity index is 1.37. The maximum absolute atomic E-state index is 16.1. The fourth-order valence-corrected chi connectivity index (χ4v) is 9.47. The number of fused-ring (bicyclic) bond motifs is 6. The zero-order chi connectivity index (χ0) is 29.5. The molecule has 3 atom stereocenters. The number of carbonyl (C=O) groups excluding carboxylic acids is 2. The third-order valence-corrected chi connectivity index (χ3v) is 11.8. The number of amides is 2. The van der Waals surface area contributed by atoms with Gasteiger partial charge in [0.05, 0.1) is 16.5 Å². The van der Waals surface area contributed by atoms with E-state index in [-0.39, 0.29) is 27.6 Å². The number of nitrogens with zero attached hydrogens (tertiary/aromatic N) is 1. The molecular formula is C31H33Cl2FN4O4. The highest BCUT2D eigenvalue weighted by atomic mass is 35.5. The molecule has 4 aliphatic carbocycles. The number of hydrogen-bond acceptors (Lipinski definition) is 5. The third-order valence-electron chi connectivity index (χ3n) is 11.3. The number of pyridine rings is 1. The quantitative estimate of drug-likeness (QED) is 0.339. The summed E-state index contributed by atoms with van der Waals surface area (Å²) in [7, 11) is 0. The number of halogens is 3. The summed E-state index contributed by atoms with van der Waals surface area (Å²) in [5.74, 6) is -2.97. The molecule has 2 spiro atoms. The average molecular weight is 616 g/mol. The minimum absolute atomic E-state index is 0.0811. The number of carbonyl (C=O) groups is 3. The summed E-state index contributed by atoms with van der Waals surface area (Å²) >= 11 is 12.6. The van der Waals surface area contributed by atoms with Crippen molar-refractivity contribution >= 4 is 46.7 Å². The number of carboxylic acids is 1. The largest absolute Gasteiger partial charge is 0.481 e. The molecule has 3 unspecified atom stereocenters. The van der Waals surface area contributed by atoms with Crippen molar-refractivity contribution in [2.24, 2.45) is 5.41 Å². The van der Waals surface area contributed by atoms with Crippen molar-refractivity contribution in [1.82, 2.24) is 15.6 Å². The van der Waals surface area contributed by atoms with E-state index in [4.69, 9.17) is 23.2 Å². The monoisotopic (exact) mass is 614 g/mol. The van der Waals surface area contributed by atoms with Gasteiger partial charge in [-0.25, -0.2) is 9.37 Å². The SMILES string of the molecule is O=C(NC12CCC(C(=O)O)(CC1)CC2)C1NC2(CCCCC2)C2(C(=O)Nc3cc(Cl)ncc32)C1c1cccc(Cl)c1F. The van der Waals surface area contributed by atoms with Crippen LogP contribution >= 0.6 is 23.2 Å². The molecule has 8 rings (SSSR count). The smallest absolute Gasteiger partial charge is 0.309 e. The van der Waals surface area contributed by atoms with E-state index in [1.54, 1.807) is 24.4 Å². The normalized spacial score (nSPS) is 34.4. The van der Waals surface area contributed by atoms with Crippen molar-refractivity contribution in [2.75, 3.05) is 5.32 Å². The van der Waals surface area contributed by atoms with Crippen LogP contribution in [-0.2, 0) is 19.8 Å². The second-order valence-corrected chi connectivity index (χ2v) is 13.8. The Morgan fingerprint density at radius 3 is 2.38 bits per heavy atom. The fraction of sp³-hybridized carbons (Fsp3) is 0.548. The first-order valence-corrected chi connectivity index (χ1v) is 15.6. The van der Waals surface area contributed by atoms with E-state index in [0.29, 0.717) is 62.6 Å². The Morgan fingerprint density at radius 1 is 1.02 bits per heavy atom. The molecule has 1 aromatic carbocycles. The summed E-state index contributed by atoms with van der Waals surface area (Å²) in [6.45, 7) is 0. The Hall–Kier alpha value is -2.75. The molecule has 3 heterocycles. The predicted octanol–water partition coefficient (Wildman–Crippen LogP) is 5.47. The van der Waals surface area contributed by atoms with Crippen LogP contribution < -0.4 is 16.0 Å². The van der Waals surface area contributed by atoms with Gasteiger partial charge >= 0.3 is 5.97 Å². The van der Waals surface area contributed by atoms with E-state index < -0.39 is 45.7 Å². The van der Waals surface area contributed by atoms with Gasteiger partial charge in [0.2, 0.25) is 11.8 Å². The van der Waals surface area contributed by atoms with Crippen LogP contribution in [0.3, 0.4) is 0 Å². The number of aromatic nitrogens is 1. The first-order valence-electron chi connectivity index (χ1n) is 14.8. The van der Waals surface area contributed by atoms with E-state index in [0.717, 1.165) is 19.3 Å². The molecule has 42 heavy (non-hydrogen) atoms. The second-order valence-electron chi connectivity index (χ2n) is 13.1. The summed E-state index contributed by atoms with van der Waals surface area (Å²) in [5.41, 5.74) is -2.12. The zero-order valence-electron chi connectivity index (χ0n) is 23.1. The maximum atomic E-state index is 16.1. The van der Waals surface area contributed by atoms with Crippen LogP contribution in [0.2, 0.25) is 10.2 Å². The molecule has 222 valence electrons. The number of nitrogens with one attached hydrogen (secondary N) is 3. The molecule has 8 nitrogen and oxygen atoms in total. The minimum Gasteiger partial charge on any atom is -0.481 e. The molecule has 1 aromatic heterocycles. The standard InChI is InChI=1S/C31H33Cl2FN4O4/c32-19-6-4-5-17(23(19)34)22-24(25(39)38-29-12-9-28(10-13-29,11-14-29)27(41)42)37-30(7-2-1-3-8-30)31(22)18-16-35-21(33)15-20(18)36-26(31)40/h4-6,15-16,22,24,37H,1-3,7-14H2,(H,36,40)(H,38,39)(H,41,42). The van der Waals surface area contributed by atoms with Crippen molar-refractivity contribution in [1.29, 1.82) is 0 Å². The summed E-state index contributed by atoms with van der Waals surface area (Å²) in [6.07, 6.45) is 8.73. The molecule has 2 aromatic rings. The predicted molar refractivity (Wildman–Crippen MR) is 155 cm³/mol. The molecule has 1 saturated heterocycles. The highest BCUT2D eigenvalue weighted by Crippen LogP contribution is 2.63. The molecule has 5 fully saturated rings. The lowest BCUT2D eigenvalue weighted by atomic mass is 9.55. The van der Waals surface area contributed by atoms with Crippen LogP contribution in [-0.4, -0.2) is 45.0 Å². The van der Waals surface area contributed by atoms with E-state index >= 15 is 4.39 Å². The first kappa shape index (κ1) is 28.0. The third kappa shape index (κ3) is 3.75. The highest BCUT2D eigenvalue weighted by Gasteiger charge is 2.72. The molecule has 2 amide bonds. The van der Waals surface area contributed by atoms with Crippen molar-refractivity contribution in [2.45, 2.75) is 99.1 Å². The Morgan fingerprint density at radius 2 is 1.71 bits per heavy atom. The van der Waals surface area contributed by atoms with Gasteiger partial charge in [0.15, 0.2) is 0 Å². The van der Waals surface area contributed by atoms with Gasteiger partial charge in [0.25, 0.3) is 0 Å². The van der Waals surface area contributed by atoms with Crippen LogP contribution in [0.4, 0.5) is 10.1 Å². The number of carboxylic acid groups (broad SMARTS) is 1. The molecule has 4 N–H and O–H groups in total. The molecule has 2 aliphatic heterocycles. The van der Waals surface area contributed by atoms with Crippen LogP contribution in [0.5, 0.6) is 0 Å². The van der Waals surface area contributed by atoms with E-state index in [1.807, 2.05) is 0 Å². The fourth-order valence-electron chi connectivity index (χ4n) is 9.13. The maximum Gasteiger partial charge on any atom is 0.309 e. The molecular weight excluding hydrogens is 582 g/mol. The summed E-state index contributed by atoms with van der Waals surface area (Å²) in [6, 6.07) is 5.38. The molecule has 6 aliphatic rings. The van der Waals surface area contributed by atoms with Gasteiger partial charge in [-0.3, -0.25) is 19.7 Å². The van der Waals surface area contributed by atoms with E-state index in [1.165, 1.54) is 6.07 Å². The summed E-state index contributed by atoms with van der Waals surface area (Å²) in [4.78, 5) is 45.3. The molecule has 4 saturated carbocycles. The van der Waals surface area contributed by atoms with Gasteiger partial charge in [-0.1, -0.05) is 54.6 Å². The van der Waals surface area contributed by atoms with Crippen molar-refractivity contribution < 1.29 is 23.9 Å². The average Bonchev–Trinajstić information content (AvgIpc) is 3.43. The van der Waals surface area contributed by atoms with Crippen LogP contribution in [0, 0.1) is 11.2 Å². The number of benzene rings is 1. The topological polar surface area (TPSA) is 120 Å². The van der Waals surface area contributed by atoms with E-state index in [9.17, 15) is 19.5 Å². The lowest BCUT2D eigenvalue weighted by Gasteiger charge is -2.52. The van der Waals surface area contributed by atoms with E-state index in [2.05, 4.69) is 20.9 Å². The number of aliphatic carboxylic acids is 1. The minimum atomic E-state index is -1.34. The molecule has 2 bridgehead atoms. The molecule has 11 heteroatoms. The highest BCUT2D eigenvalue weighted by molar-refractivity contribution is 6.31. The lowest BCUT2D eigenvalue weighted by molar-refractivity contribution is -0.157. The van der Waals surface area contributed by atoms with Crippen LogP contribution in [0.1, 0.15) is 87.7 Å². The van der Waals surface area contributed by atoms with Gasteiger partial charge in [-0.15, -0.1) is 0 Å². The number of rotatable bonds is 4. The Kier molecular flexibility index (Phi) is 6.43. The number of hydrogen-bond donors (Lipinski definition) is 4. The Labute approximate surface area is 253 Å². The summed E-state index contributed by atoms with van der Waals surface area (Å²) in [5, 5.41) is 20.0. The zero-order valence-corrected chi connectivity index (χ0v) is 24.6. The van der Waals surface area contributed by atoms with Crippen molar-refractivity contribution in [3.05, 3.63) is 57.6 Å². The summed E-state index contributed by atoms with van der Waals surface area (Å²) < 4.78 is 16.1. The van der Waals surface area contributed by atoms with Gasteiger partial charge in [-0.2, -0.15) is 0 Å². The molecule has 0 radical (unpaired) electrons. The van der Waals surface area contributed by atoms with Crippen LogP contribution in [0.15, 0.2) is 30.5 Å². The Bertz CT molecular complexity index is 1490. The van der Waals surface area contributed by atoms with Gasteiger partial charge in [0.1, 0.15) is 16.4 Å². The number of anilines is 1. The van der Waals surface area contributed by atoms with Gasteiger partial charge in [-0.05, 0) is 69.1 Å². The lowest BCUT2D eigenvalue weighted by Crippen LogP contribution is -2.62.